The molecule has 0 radical (unpaired) electrons. The Morgan fingerprint density at radius 3 is 2.52 bits per heavy atom. The maximum atomic E-state index is 13.5. The Morgan fingerprint density at radius 2 is 1.93 bits per heavy atom. The van der Waals surface area contributed by atoms with E-state index < -0.39 is 29.2 Å². The molecule has 0 aromatic heterocycles. The number of esters is 1. The molecule has 2 rings (SSSR count). The minimum absolute atomic E-state index is 0.0542. The predicted octanol–water partition coefficient (Wildman–Crippen LogP) is 2.90. The maximum absolute atomic E-state index is 13.5. The van der Waals surface area contributed by atoms with Gasteiger partial charge in [0.05, 0.1) is 10.5 Å². The number of aryl methyl sites for hydroxylation is 1. The van der Waals surface area contributed by atoms with Crippen LogP contribution in [0.4, 0.5) is 21.5 Å². The fraction of sp³-hybridized carbons (Fsp3) is 0.222. The fourth-order valence-corrected chi connectivity index (χ4v) is 2.26. The molecular weight excluding hydrogens is 357 g/mol. The lowest BCUT2D eigenvalue weighted by atomic mass is 10.1. The number of anilines is 2. The topological polar surface area (TPSA) is 102 Å². The molecule has 142 valence electrons. The van der Waals surface area contributed by atoms with Crippen molar-refractivity contribution in [1.82, 2.24) is 0 Å². The number of nitrogens with zero attached hydrogens (tertiary/aromatic N) is 2. The second-order valence-corrected chi connectivity index (χ2v) is 5.94. The molecule has 0 aliphatic rings. The number of nitro benzene ring substituents is 1. The number of benzene rings is 2. The molecule has 0 aliphatic heterocycles. The van der Waals surface area contributed by atoms with Crippen LogP contribution in [-0.4, -0.2) is 37.5 Å². The van der Waals surface area contributed by atoms with E-state index in [1.165, 1.54) is 24.3 Å². The monoisotopic (exact) mass is 375 g/mol. The highest BCUT2D eigenvalue weighted by Crippen LogP contribution is 2.27. The maximum Gasteiger partial charge on any atom is 0.338 e. The van der Waals surface area contributed by atoms with Crippen LogP contribution in [-0.2, 0) is 9.53 Å². The number of nitrogens with one attached hydrogen (secondary N) is 1. The van der Waals surface area contributed by atoms with Gasteiger partial charge in [-0.3, -0.25) is 14.9 Å². The first kappa shape index (κ1) is 19.8. The van der Waals surface area contributed by atoms with Crippen LogP contribution in [0.3, 0.4) is 0 Å². The summed E-state index contributed by atoms with van der Waals surface area (Å²) in [6.45, 7) is 0.973. The molecule has 0 saturated heterocycles. The van der Waals surface area contributed by atoms with Gasteiger partial charge in [0.1, 0.15) is 11.5 Å². The smallest absolute Gasteiger partial charge is 0.338 e. The van der Waals surface area contributed by atoms with Crippen molar-refractivity contribution in [3.63, 3.8) is 0 Å². The molecule has 9 heteroatoms. The molecule has 8 nitrogen and oxygen atoms in total. The van der Waals surface area contributed by atoms with E-state index in [2.05, 4.69) is 5.32 Å². The third kappa shape index (κ3) is 5.00. The molecule has 0 heterocycles. The molecule has 0 spiro atoms. The molecule has 2 aromatic carbocycles. The highest BCUT2D eigenvalue weighted by atomic mass is 19.1. The molecule has 0 fully saturated rings. The largest absolute Gasteiger partial charge is 0.452 e. The Labute approximate surface area is 154 Å². The third-order valence-electron chi connectivity index (χ3n) is 3.68. The summed E-state index contributed by atoms with van der Waals surface area (Å²) >= 11 is 0. The van der Waals surface area contributed by atoms with Crippen LogP contribution in [0.5, 0.6) is 0 Å². The normalized spacial score (nSPS) is 10.2. The van der Waals surface area contributed by atoms with Crippen molar-refractivity contribution in [3.8, 4) is 0 Å². The molecule has 2 aromatic rings. The summed E-state index contributed by atoms with van der Waals surface area (Å²) in [4.78, 5) is 36.0. The molecule has 0 unspecified atom stereocenters. The molecule has 1 N–H and O–H groups in total. The second-order valence-electron chi connectivity index (χ2n) is 5.94. The van der Waals surface area contributed by atoms with Gasteiger partial charge in [-0.1, -0.05) is 6.07 Å². The van der Waals surface area contributed by atoms with Crippen LogP contribution in [0.2, 0.25) is 0 Å². The first-order chi connectivity index (χ1) is 12.7. The molecule has 0 atom stereocenters. The van der Waals surface area contributed by atoms with Gasteiger partial charge < -0.3 is 15.0 Å². The Balaban J connectivity index is 2.02. The highest BCUT2D eigenvalue weighted by molar-refractivity contribution is 5.96. The molecule has 27 heavy (non-hydrogen) atoms. The van der Waals surface area contributed by atoms with Gasteiger partial charge in [0.25, 0.3) is 11.6 Å². The van der Waals surface area contributed by atoms with Gasteiger partial charge in [-0.05, 0) is 36.8 Å². The summed E-state index contributed by atoms with van der Waals surface area (Å²) in [5, 5.41) is 13.6. The van der Waals surface area contributed by atoms with E-state index >= 15 is 0 Å². The van der Waals surface area contributed by atoms with E-state index in [0.717, 1.165) is 12.1 Å². The van der Waals surface area contributed by atoms with Gasteiger partial charge in [-0.25, -0.2) is 9.18 Å². The van der Waals surface area contributed by atoms with Crippen LogP contribution < -0.4 is 10.2 Å². The lowest BCUT2D eigenvalue weighted by Crippen LogP contribution is -2.21. The van der Waals surface area contributed by atoms with E-state index in [9.17, 15) is 24.1 Å². The average Bonchev–Trinajstić information content (AvgIpc) is 2.62. The lowest BCUT2D eigenvalue weighted by molar-refractivity contribution is -0.384. The Hall–Kier alpha value is -3.49. The Kier molecular flexibility index (Phi) is 6.07. The van der Waals surface area contributed by atoms with Gasteiger partial charge in [0.15, 0.2) is 6.61 Å². The van der Waals surface area contributed by atoms with Crippen LogP contribution in [0, 0.1) is 22.9 Å². The highest BCUT2D eigenvalue weighted by Gasteiger charge is 2.20. The Bertz CT molecular complexity index is 899. The number of hydrogen-bond donors (Lipinski definition) is 1. The quantitative estimate of drug-likeness (QED) is 0.473. The summed E-state index contributed by atoms with van der Waals surface area (Å²) in [6, 6.07) is 8.05. The predicted molar refractivity (Wildman–Crippen MR) is 97.5 cm³/mol. The number of halogens is 1. The van der Waals surface area contributed by atoms with Crippen molar-refractivity contribution in [2.45, 2.75) is 6.92 Å². The molecule has 0 aliphatic carbocycles. The van der Waals surface area contributed by atoms with Crippen LogP contribution >= 0.6 is 0 Å². The van der Waals surface area contributed by atoms with E-state index in [-0.39, 0.29) is 16.9 Å². The minimum atomic E-state index is -0.881. The van der Waals surface area contributed by atoms with Crippen molar-refractivity contribution in [2.24, 2.45) is 0 Å². The SMILES string of the molecule is Cc1ccc(NC(=O)COC(=O)c2ccc(N(C)C)c([N+](=O)[O-])c2)cc1F. The number of ether oxygens (including phenoxy) is 1. The van der Waals surface area contributed by atoms with Crippen molar-refractivity contribution in [2.75, 3.05) is 30.9 Å². The zero-order chi connectivity index (χ0) is 20.1. The average molecular weight is 375 g/mol. The number of hydrogen-bond acceptors (Lipinski definition) is 6. The number of rotatable bonds is 6. The van der Waals surface area contributed by atoms with E-state index in [1.54, 1.807) is 25.9 Å². The number of amides is 1. The molecule has 0 bridgehead atoms. The van der Waals surface area contributed by atoms with Crippen LogP contribution in [0.25, 0.3) is 0 Å². The van der Waals surface area contributed by atoms with E-state index in [1.807, 2.05) is 0 Å². The van der Waals surface area contributed by atoms with Crippen molar-refractivity contribution >= 4 is 28.9 Å². The number of carbonyl (C=O) groups is 2. The molecule has 0 saturated carbocycles. The minimum Gasteiger partial charge on any atom is -0.452 e. The fourth-order valence-electron chi connectivity index (χ4n) is 2.26. The summed E-state index contributed by atoms with van der Waals surface area (Å²) in [7, 11) is 3.27. The van der Waals surface area contributed by atoms with E-state index in [0.29, 0.717) is 11.3 Å². The van der Waals surface area contributed by atoms with Gasteiger partial charge in [0.2, 0.25) is 0 Å². The summed E-state index contributed by atoms with van der Waals surface area (Å²) in [6.07, 6.45) is 0. The van der Waals surface area contributed by atoms with Crippen molar-refractivity contribution in [3.05, 3.63) is 63.5 Å². The molecule has 1 amide bonds. The van der Waals surface area contributed by atoms with Gasteiger partial charge in [-0.2, -0.15) is 0 Å². The van der Waals surface area contributed by atoms with E-state index in [4.69, 9.17) is 4.74 Å². The summed E-state index contributed by atoms with van der Waals surface area (Å²) in [5.74, 6) is -2.02. The third-order valence-corrected chi connectivity index (χ3v) is 3.68. The first-order valence-corrected chi connectivity index (χ1v) is 7.88. The van der Waals surface area contributed by atoms with Crippen molar-refractivity contribution in [1.29, 1.82) is 0 Å². The number of carbonyl (C=O) groups excluding carboxylic acids is 2. The first-order valence-electron chi connectivity index (χ1n) is 7.88. The van der Waals surface area contributed by atoms with Crippen LogP contribution in [0.15, 0.2) is 36.4 Å². The summed E-state index contributed by atoms with van der Waals surface area (Å²) < 4.78 is 18.3. The van der Waals surface area contributed by atoms with Crippen LogP contribution in [0.1, 0.15) is 15.9 Å². The Morgan fingerprint density at radius 1 is 1.22 bits per heavy atom. The zero-order valence-electron chi connectivity index (χ0n) is 15.0. The zero-order valence-corrected chi connectivity index (χ0v) is 15.0. The standard InChI is InChI=1S/C18H18FN3O5/c1-11-4-6-13(9-14(11)19)20-17(23)10-27-18(24)12-5-7-15(21(2)3)16(8-12)22(25)26/h4-9H,10H2,1-3H3,(H,20,23). The lowest BCUT2D eigenvalue weighted by Gasteiger charge is -2.13. The van der Waals surface area contributed by atoms with Gasteiger partial charge in [0, 0.05) is 25.8 Å². The number of nitro groups is 1. The molecular formula is C18H18FN3O5. The second kappa shape index (κ2) is 8.26. The summed E-state index contributed by atoms with van der Waals surface area (Å²) in [5.41, 5.74) is 0.679. The van der Waals surface area contributed by atoms with Gasteiger partial charge >= 0.3 is 5.97 Å². The van der Waals surface area contributed by atoms with Gasteiger partial charge in [-0.15, -0.1) is 0 Å². The van der Waals surface area contributed by atoms with Crippen molar-refractivity contribution < 1.29 is 23.6 Å².